The van der Waals surface area contributed by atoms with Crippen molar-refractivity contribution in [2.24, 2.45) is 5.92 Å². The van der Waals surface area contributed by atoms with Gasteiger partial charge in [-0.25, -0.2) is 0 Å². The quantitative estimate of drug-likeness (QED) is 0.824. The molecular formula is C20H25N3O3. The first-order valence-electron chi connectivity index (χ1n) is 9.24. The van der Waals surface area contributed by atoms with Crippen molar-refractivity contribution in [3.8, 4) is 0 Å². The van der Waals surface area contributed by atoms with Crippen LogP contribution < -0.4 is 0 Å². The summed E-state index contributed by atoms with van der Waals surface area (Å²) in [7, 11) is 1.82. The number of hydrogen-bond donors (Lipinski definition) is 0. The molecule has 0 bridgehead atoms. The number of furan rings is 1. The highest BCUT2D eigenvalue weighted by Gasteiger charge is 2.42. The van der Waals surface area contributed by atoms with E-state index in [0.29, 0.717) is 12.5 Å². The molecule has 2 fully saturated rings. The molecule has 26 heavy (non-hydrogen) atoms. The Balaban J connectivity index is 1.32. The maximum atomic E-state index is 12.8. The standard InChI is InChI=1S/C20H25N3O3/c1-22(12-16-5-2-3-8-21-16)20(24)18-11-15-7-9-23(14-19(15)26-18)13-17-6-4-10-25-17/h2-6,8,10,15,18-19H,7,9,11-14H2,1H3/t15-,18+,19-/m1/s1. The van der Waals surface area contributed by atoms with Gasteiger partial charge in [-0.15, -0.1) is 0 Å². The van der Waals surface area contributed by atoms with E-state index in [9.17, 15) is 4.79 Å². The van der Waals surface area contributed by atoms with Crippen LogP contribution in [0.2, 0.25) is 0 Å². The fraction of sp³-hybridized carbons (Fsp3) is 0.500. The minimum absolute atomic E-state index is 0.0580. The molecule has 2 saturated heterocycles. The Morgan fingerprint density at radius 1 is 1.35 bits per heavy atom. The Morgan fingerprint density at radius 2 is 2.27 bits per heavy atom. The van der Waals surface area contributed by atoms with E-state index >= 15 is 0 Å². The predicted octanol–water partition coefficient (Wildman–Crippen LogP) is 2.31. The Bertz CT molecular complexity index is 719. The lowest BCUT2D eigenvalue weighted by Crippen LogP contribution is -2.42. The second-order valence-corrected chi connectivity index (χ2v) is 7.28. The van der Waals surface area contributed by atoms with E-state index < -0.39 is 0 Å². The van der Waals surface area contributed by atoms with Crippen LogP contribution in [0.3, 0.4) is 0 Å². The van der Waals surface area contributed by atoms with Crippen LogP contribution in [0.25, 0.3) is 0 Å². The van der Waals surface area contributed by atoms with Crippen molar-refractivity contribution in [2.45, 2.75) is 38.1 Å². The summed E-state index contributed by atoms with van der Waals surface area (Å²) < 4.78 is 11.6. The smallest absolute Gasteiger partial charge is 0.251 e. The largest absolute Gasteiger partial charge is 0.468 e. The van der Waals surface area contributed by atoms with E-state index in [1.54, 1.807) is 17.4 Å². The molecule has 4 heterocycles. The number of aromatic nitrogens is 1. The third-order valence-corrected chi connectivity index (χ3v) is 5.37. The van der Waals surface area contributed by atoms with Crippen LogP contribution in [-0.2, 0) is 22.6 Å². The number of likely N-dealkylation sites (N-methyl/N-ethyl adjacent to an activating group) is 1. The zero-order chi connectivity index (χ0) is 17.9. The van der Waals surface area contributed by atoms with Gasteiger partial charge in [-0.2, -0.15) is 0 Å². The summed E-state index contributed by atoms with van der Waals surface area (Å²) in [5.41, 5.74) is 0.892. The number of likely N-dealkylation sites (tertiary alicyclic amines) is 1. The summed E-state index contributed by atoms with van der Waals surface area (Å²) >= 11 is 0. The number of carbonyl (C=O) groups excluding carboxylic acids is 1. The molecule has 3 atom stereocenters. The highest BCUT2D eigenvalue weighted by Crippen LogP contribution is 2.34. The minimum atomic E-state index is -0.331. The summed E-state index contributed by atoms with van der Waals surface area (Å²) in [5.74, 6) is 1.51. The summed E-state index contributed by atoms with van der Waals surface area (Å²) in [6.07, 6.45) is 5.16. The Hall–Kier alpha value is -2.18. The summed E-state index contributed by atoms with van der Waals surface area (Å²) in [6.45, 7) is 3.20. The van der Waals surface area contributed by atoms with E-state index in [-0.39, 0.29) is 18.1 Å². The van der Waals surface area contributed by atoms with Crippen molar-refractivity contribution in [1.82, 2.24) is 14.8 Å². The maximum absolute atomic E-state index is 12.8. The minimum Gasteiger partial charge on any atom is -0.468 e. The molecule has 4 rings (SSSR count). The van der Waals surface area contributed by atoms with Gasteiger partial charge in [0.05, 0.1) is 31.2 Å². The molecule has 0 radical (unpaired) electrons. The zero-order valence-corrected chi connectivity index (χ0v) is 15.1. The molecule has 0 spiro atoms. The highest BCUT2D eigenvalue weighted by molar-refractivity contribution is 5.81. The van der Waals surface area contributed by atoms with Crippen LogP contribution in [0, 0.1) is 5.92 Å². The van der Waals surface area contributed by atoms with Gasteiger partial charge in [0.15, 0.2) is 0 Å². The van der Waals surface area contributed by atoms with E-state index in [4.69, 9.17) is 9.15 Å². The van der Waals surface area contributed by atoms with Crippen molar-refractivity contribution in [2.75, 3.05) is 20.1 Å². The topological polar surface area (TPSA) is 58.8 Å². The molecule has 2 aliphatic heterocycles. The molecule has 0 aromatic carbocycles. The summed E-state index contributed by atoms with van der Waals surface area (Å²) in [6, 6.07) is 9.67. The van der Waals surface area contributed by atoms with Gasteiger partial charge >= 0.3 is 0 Å². The Kier molecular flexibility index (Phi) is 5.04. The normalized spacial score (nSPS) is 25.8. The number of nitrogens with zero attached hydrogens (tertiary/aromatic N) is 3. The molecule has 6 heteroatoms. The molecule has 2 aromatic rings. The number of fused-ring (bicyclic) bond motifs is 1. The first kappa shape index (κ1) is 17.2. The van der Waals surface area contributed by atoms with E-state index in [1.165, 1.54) is 0 Å². The van der Waals surface area contributed by atoms with Crippen LogP contribution >= 0.6 is 0 Å². The van der Waals surface area contributed by atoms with E-state index in [0.717, 1.165) is 43.9 Å². The lowest BCUT2D eigenvalue weighted by molar-refractivity contribution is -0.143. The lowest BCUT2D eigenvalue weighted by atomic mass is 9.91. The van der Waals surface area contributed by atoms with Crippen molar-refractivity contribution in [3.05, 3.63) is 54.2 Å². The maximum Gasteiger partial charge on any atom is 0.251 e. The van der Waals surface area contributed by atoms with Crippen molar-refractivity contribution >= 4 is 5.91 Å². The third-order valence-electron chi connectivity index (χ3n) is 5.37. The van der Waals surface area contributed by atoms with Crippen LogP contribution in [0.15, 0.2) is 47.2 Å². The molecule has 6 nitrogen and oxygen atoms in total. The first-order chi connectivity index (χ1) is 12.7. The number of carbonyl (C=O) groups is 1. The van der Waals surface area contributed by atoms with Gasteiger partial charge in [0, 0.05) is 19.8 Å². The number of piperidine rings is 1. The third kappa shape index (κ3) is 3.81. The molecular weight excluding hydrogens is 330 g/mol. The SMILES string of the molecule is CN(Cc1ccccn1)C(=O)[C@@H]1C[C@H]2CCN(Cc3ccco3)C[C@H]2O1. The number of ether oxygens (including phenoxy) is 1. The molecule has 0 N–H and O–H groups in total. The zero-order valence-electron chi connectivity index (χ0n) is 15.1. The van der Waals surface area contributed by atoms with Gasteiger partial charge in [-0.1, -0.05) is 6.07 Å². The van der Waals surface area contributed by atoms with Crippen LogP contribution in [-0.4, -0.2) is 53.0 Å². The fourth-order valence-corrected chi connectivity index (χ4v) is 3.98. The molecule has 0 aliphatic carbocycles. The van der Waals surface area contributed by atoms with E-state index in [1.807, 2.05) is 37.4 Å². The van der Waals surface area contributed by atoms with Gasteiger partial charge in [0.2, 0.25) is 0 Å². The molecule has 2 aromatic heterocycles. The van der Waals surface area contributed by atoms with Crippen molar-refractivity contribution < 1.29 is 13.9 Å². The molecule has 138 valence electrons. The van der Waals surface area contributed by atoms with Crippen LogP contribution in [0.5, 0.6) is 0 Å². The number of amides is 1. The second-order valence-electron chi connectivity index (χ2n) is 7.28. The van der Waals surface area contributed by atoms with Gasteiger partial charge < -0.3 is 14.1 Å². The van der Waals surface area contributed by atoms with E-state index in [2.05, 4.69) is 9.88 Å². The molecule has 0 saturated carbocycles. The van der Waals surface area contributed by atoms with Crippen LogP contribution in [0.1, 0.15) is 24.3 Å². The summed E-state index contributed by atoms with van der Waals surface area (Å²) in [5, 5.41) is 0. The summed E-state index contributed by atoms with van der Waals surface area (Å²) in [4.78, 5) is 21.1. The first-order valence-corrected chi connectivity index (χ1v) is 9.24. The number of rotatable bonds is 5. The average Bonchev–Trinajstić information content (AvgIpc) is 3.31. The lowest BCUT2D eigenvalue weighted by Gasteiger charge is -2.33. The van der Waals surface area contributed by atoms with Crippen molar-refractivity contribution in [1.29, 1.82) is 0 Å². The number of pyridine rings is 1. The Morgan fingerprint density at radius 3 is 3.04 bits per heavy atom. The highest BCUT2D eigenvalue weighted by atomic mass is 16.5. The van der Waals surface area contributed by atoms with Gasteiger partial charge in [0.25, 0.3) is 5.91 Å². The Labute approximate surface area is 153 Å². The van der Waals surface area contributed by atoms with Gasteiger partial charge in [-0.05, 0) is 49.6 Å². The molecule has 2 aliphatic rings. The fourth-order valence-electron chi connectivity index (χ4n) is 3.98. The van der Waals surface area contributed by atoms with Crippen molar-refractivity contribution in [3.63, 3.8) is 0 Å². The average molecular weight is 355 g/mol. The number of hydrogen-bond acceptors (Lipinski definition) is 5. The predicted molar refractivity (Wildman–Crippen MR) is 96.1 cm³/mol. The molecule has 0 unspecified atom stereocenters. The second kappa shape index (κ2) is 7.60. The molecule has 1 amide bonds. The van der Waals surface area contributed by atoms with Crippen LogP contribution in [0.4, 0.5) is 0 Å². The monoisotopic (exact) mass is 355 g/mol. The van der Waals surface area contributed by atoms with Gasteiger partial charge in [-0.3, -0.25) is 14.7 Å². The van der Waals surface area contributed by atoms with Gasteiger partial charge in [0.1, 0.15) is 11.9 Å².